The molecular formula is C15H21F4NO. The maximum atomic E-state index is 13.2. The summed E-state index contributed by atoms with van der Waals surface area (Å²) in [6.07, 6.45) is -3.16. The minimum Gasteiger partial charge on any atom is -0.486 e. The summed E-state index contributed by atoms with van der Waals surface area (Å²) in [4.78, 5) is 0. The zero-order valence-corrected chi connectivity index (χ0v) is 12.5. The van der Waals surface area contributed by atoms with Gasteiger partial charge in [-0.3, -0.25) is 0 Å². The molecule has 0 saturated carbocycles. The maximum Gasteiger partial charge on any atom is 0.419 e. The summed E-state index contributed by atoms with van der Waals surface area (Å²) in [5.41, 5.74) is -1.95. The molecule has 1 unspecified atom stereocenters. The van der Waals surface area contributed by atoms with Crippen LogP contribution in [0.15, 0.2) is 18.2 Å². The number of benzene rings is 1. The largest absolute Gasteiger partial charge is 0.486 e. The van der Waals surface area contributed by atoms with E-state index in [2.05, 4.69) is 5.32 Å². The van der Waals surface area contributed by atoms with E-state index in [0.717, 1.165) is 19.0 Å². The van der Waals surface area contributed by atoms with E-state index in [4.69, 9.17) is 4.74 Å². The number of rotatable bonds is 7. The Kier molecular flexibility index (Phi) is 6.01. The Hall–Kier alpha value is -1.30. The van der Waals surface area contributed by atoms with Gasteiger partial charge in [0.15, 0.2) is 0 Å². The van der Waals surface area contributed by atoms with E-state index >= 15 is 0 Å². The number of halogens is 4. The zero-order valence-electron chi connectivity index (χ0n) is 12.5. The quantitative estimate of drug-likeness (QED) is 0.596. The van der Waals surface area contributed by atoms with Crippen molar-refractivity contribution in [1.82, 2.24) is 5.32 Å². The Labute approximate surface area is 122 Å². The van der Waals surface area contributed by atoms with Crippen molar-refractivity contribution < 1.29 is 22.3 Å². The third kappa shape index (κ3) is 5.19. The van der Waals surface area contributed by atoms with Gasteiger partial charge in [-0.2, -0.15) is 13.2 Å². The van der Waals surface area contributed by atoms with Gasteiger partial charge in [0.1, 0.15) is 17.2 Å². The highest BCUT2D eigenvalue weighted by molar-refractivity contribution is 5.32. The summed E-state index contributed by atoms with van der Waals surface area (Å²) in [6, 6.07) is 2.72. The van der Waals surface area contributed by atoms with E-state index in [1.165, 1.54) is 6.07 Å². The average Bonchev–Trinajstić information content (AvgIpc) is 2.40. The van der Waals surface area contributed by atoms with Gasteiger partial charge in [-0.25, -0.2) is 4.39 Å². The van der Waals surface area contributed by atoms with E-state index in [0.29, 0.717) is 19.0 Å². The van der Waals surface area contributed by atoms with Crippen molar-refractivity contribution in [2.24, 2.45) is 0 Å². The van der Waals surface area contributed by atoms with Crippen molar-refractivity contribution >= 4 is 0 Å². The molecule has 0 bridgehead atoms. The highest BCUT2D eigenvalue weighted by Crippen LogP contribution is 2.34. The lowest BCUT2D eigenvalue weighted by molar-refractivity contribution is -0.140. The van der Waals surface area contributed by atoms with Crippen molar-refractivity contribution in [3.63, 3.8) is 0 Å². The maximum absolute atomic E-state index is 13.2. The zero-order chi connectivity index (χ0) is 16.1. The fourth-order valence-corrected chi connectivity index (χ4v) is 1.83. The molecular weight excluding hydrogens is 286 g/mol. The lowest BCUT2D eigenvalue weighted by Gasteiger charge is -2.30. The van der Waals surface area contributed by atoms with Gasteiger partial charge in [0.05, 0.1) is 5.56 Å². The lowest BCUT2D eigenvalue weighted by Crippen LogP contribution is -2.42. The average molecular weight is 307 g/mol. The SMILES string of the molecule is CCCNCC(C)(CC)Oc1ccc(F)c(C(F)(F)F)c1. The molecule has 1 rings (SSSR count). The molecule has 0 aliphatic rings. The van der Waals surface area contributed by atoms with Crippen LogP contribution in [0.1, 0.15) is 39.2 Å². The van der Waals surface area contributed by atoms with Gasteiger partial charge in [0.25, 0.3) is 0 Å². The smallest absolute Gasteiger partial charge is 0.419 e. The van der Waals surface area contributed by atoms with Crippen LogP contribution < -0.4 is 10.1 Å². The molecule has 0 aliphatic heterocycles. The molecule has 2 nitrogen and oxygen atoms in total. The highest BCUT2D eigenvalue weighted by atomic mass is 19.4. The molecule has 6 heteroatoms. The van der Waals surface area contributed by atoms with Crippen LogP contribution in [-0.4, -0.2) is 18.7 Å². The van der Waals surface area contributed by atoms with E-state index in [9.17, 15) is 17.6 Å². The van der Waals surface area contributed by atoms with E-state index in [-0.39, 0.29) is 5.75 Å². The van der Waals surface area contributed by atoms with Gasteiger partial charge in [-0.1, -0.05) is 13.8 Å². The minimum atomic E-state index is -4.73. The molecule has 1 aromatic carbocycles. The summed E-state index contributed by atoms with van der Waals surface area (Å²) in [7, 11) is 0. The minimum absolute atomic E-state index is 0.0198. The number of alkyl halides is 3. The Bertz CT molecular complexity index is 461. The first-order valence-electron chi connectivity index (χ1n) is 6.98. The number of hydrogen-bond donors (Lipinski definition) is 1. The normalized spacial score (nSPS) is 14.8. The first kappa shape index (κ1) is 17.8. The molecule has 0 heterocycles. The van der Waals surface area contributed by atoms with E-state index < -0.39 is 23.2 Å². The molecule has 0 radical (unpaired) electrons. The summed E-state index contributed by atoms with van der Waals surface area (Å²) in [5.74, 6) is -1.27. The third-order valence-corrected chi connectivity index (χ3v) is 3.28. The summed E-state index contributed by atoms with van der Waals surface area (Å²) in [6.45, 7) is 7.03. The molecule has 0 aliphatic carbocycles. The first-order valence-corrected chi connectivity index (χ1v) is 6.98. The van der Waals surface area contributed by atoms with Crippen LogP contribution in [0.25, 0.3) is 0 Å². The van der Waals surface area contributed by atoms with Crippen molar-refractivity contribution in [3.05, 3.63) is 29.6 Å². The molecule has 0 aromatic heterocycles. The standard InChI is InChI=1S/C15H21F4NO/c1-4-8-20-10-14(3,5-2)21-11-6-7-13(16)12(9-11)15(17,18)19/h6-7,9,20H,4-5,8,10H2,1-3H3. The molecule has 0 spiro atoms. The molecule has 0 fully saturated rings. The molecule has 0 amide bonds. The van der Waals surface area contributed by atoms with Gasteiger partial charge in [0, 0.05) is 6.54 Å². The van der Waals surface area contributed by atoms with Crippen molar-refractivity contribution in [1.29, 1.82) is 0 Å². The summed E-state index contributed by atoms with van der Waals surface area (Å²) >= 11 is 0. The van der Waals surface area contributed by atoms with E-state index in [1.807, 2.05) is 20.8 Å². The van der Waals surface area contributed by atoms with Gasteiger partial charge >= 0.3 is 6.18 Å². The second kappa shape index (κ2) is 7.11. The Balaban J connectivity index is 2.90. The third-order valence-electron chi connectivity index (χ3n) is 3.28. The monoisotopic (exact) mass is 307 g/mol. The Morgan fingerprint density at radius 3 is 2.38 bits per heavy atom. The van der Waals surface area contributed by atoms with Gasteiger partial charge in [-0.05, 0) is 44.5 Å². The van der Waals surface area contributed by atoms with Gasteiger partial charge in [0.2, 0.25) is 0 Å². The molecule has 0 saturated heterocycles. The van der Waals surface area contributed by atoms with Crippen LogP contribution in [0, 0.1) is 5.82 Å². The van der Waals surface area contributed by atoms with Crippen LogP contribution in [-0.2, 0) is 6.18 Å². The molecule has 1 atom stereocenters. The predicted molar refractivity (Wildman–Crippen MR) is 73.9 cm³/mol. The number of ether oxygens (including phenoxy) is 1. The number of hydrogen-bond acceptors (Lipinski definition) is 2. The van der Waals surface area contributed by atoms with Crippen LogP contribution in [0.3, 0.4) is 0 Å². The van der Waals surface area contributed by atoms with Crippen molar-refractivity contribution in [2.45, 2.75) is 45.4 Å². The Morgan fingerprint density at radius 1 is 1.19 bits per heavy atom. The molecule has 21 heavy (non-hydrogen) atoms. The molecule has 1 N–H and O–H groups in total. The summed E-state index contributed by atoms with van der Waals surface area (Å²) < 4.78 is 57.0. The van der Waals surface area contributed by atoms with E-state index in [1.54, 1.807) is 0 Å². The predicted octanol–water partition coefficient (Wildman–Crippen LogP) is 4.39. The molecule has 120 valence electrons. The summed E-state index contributed by atoms with van der Waals surface area (Å²) in [5, 5.41) is 3.18. The van der Waals surface area contributed by atoms with Crippen molar-refractivity contribution in [2.75, 3.05) is 13.1 Å². The van der Waals surface area contributed by atoms with Crippen molar-refractivity contribution in [3.8, 4) is 5.75 Å². The second-order valence-corrected chi connectivity index (χ2v) is 5.22. The second-order valence-electron chi connectivity index (χ2n) is 5.22. The van der Waals surface area contributed by atoms with Crippen LogP contribution >= 0.6 is 0 Å². The molecule has 1 aromatic rings. The highest BCUT2D eigenvalue weighted by Gasteiger charge is 2.35. The topological polar surface area (TPSA) is 21.3 Å². The van der Waals surface area contributed by atoms with Gasteiger partial charge in [-0.15, -0.1) is 0 Å². The fraction of sp³-hybridized carbons (Fsp3) is 0.600. The van der Waals surface area contributed by atoms with Crippen LogP contribution in [0.4, 0.5) is 17.6 Å². The number of nitrogens with one attached hydrogen (secondary N) is 1. The fourth-order valence-electron chi connectivity index (χ4n) is 1.83. The Morgan fingerprint density at radius 2 is 1.86 bits per heavy atom. The first-order chi connectivity index (χ1) is 9.72. The lowest BCUT2D eigenvalue weighted by atomic mass is 10.0. The van der Waals surface area contributed by atoms with Crippen LogP contribution in [0.5, 0.6) is 5.75 Å². The van der Waals surface area contributed by atoms with Gasteiger partial charge < -0.3 is 10.1 Å². The van der Waals surface area contributed by atoms with Crippen LogP contribution in [0.2, 0.25) is 0 Å².